The zero-order valence-electron chi connectivity index (χ0n) is 28.4. The van der Waals surface area contributed by atoms with Gasteiger partial charge in [0.05, 0.1) is 12.6 Å². The fourth-order valence-corrected chi connectivity index (χ4v) is 5.62. The Labute approximate surface area is 288 Å². The number of hydrogen-bond acceptors (Lipinski definition) is 8. The van der Waals surface area contributed by atoms with Crippen molar-refractivity contribution in [3.8, 4) is 0 Å². The lowest BCUT2D eigenvalue weighted by Gasteiger charge is -2.26. The summed E-state index contributed by atoms with van der Waals surface area (Å²) in [5, 5.41) is 33.1. The minimum atomic E-state index is -1.37. The summed E-state index contributed by atoms with van der Waals surface area (Å²) < 4.78 is 0. The maximum atomic E-state index is 13.5. The first-order valence-corrected chi connectivity index (χ1v) is 17.0. The number of unbranched alkanes of at least 4 members (excludes halogenated alkanes) is 1. The highest BCUT2D eigenvalue weighted by molar-refractivity contribution is 5.94. The van der Waals surface area contributed by atoms with Crippen molar-refractivity contribution in [2.24, 2.45) is 17.4 Å². The fourth-order valence-electron chi connectivity index (χ4n) is 5.62. The highest BCUT2D eigenvalue weighted by Gasteiger charge is 2.31. The molecule has 0 saturated carbocycles. The third-order valence-electron chi connectivity index (χ3n) is 8.25. The van der Waals surface area contributed by atoms with Gasteiger partial charge < -0.3 is 42.9 Å². The quantitative estimate of drug-likeness (QED) is 0.0770. The number of fused-ring (bicyclic) bond motifs is 1. The summed E-state index contributed by atoms with van der Waals surface area (Å²) in [6, 6.07) is 18.5. The van der Waals surface area contributed by atoms with E-state index in [1.807, 2.05) is 50.2 Å². The van der Waals surface area contributed by atoms with Crippen molar-refractivity contribution in [3.05, 3.63) is 83.9 Å². The first-order chi connectivity index (χ1) is 23.5. The van der Waals surface area contributed by atoms with E-state index in [9.17, 15) is 29.4 Å². The Balaban J connectivity index is 1.67. The third kappa shape index (κ3) is 13.2. The highest BCUT2D eigenvalue weighted by Crippen LogP contribution is 2.16. The summed E-state index contributed by atoms with van der Waals surface area (Å²) in [4.78, 5) is 52.1. The number of carboxylic acid groups (broad SMARTS) is 1. The number of aliphatic hydroxyl groups is 1. The van der Waals surface area contributed by atoms with E-state index >= 15 is 0 Å². The van der Waals surface area contributed by atoms with E-state index < -0.39 is 54.5 Å². The molecule has 12 nitrogen and oxygen atoms in total. The first kappa shape index (κ1) is 39.1. The van der Waals surface area contributed by atoms with Crippen LogP contribution in [0.3, 0.4) is 0 Å². The molecular weight excluding hydrogens is 624 g/mol. The lowest BCUT2D eigenvalue weighted by Crippen LogP contribution is -2.59. The molecule has 5 unspecified atom stereocenters. The molecule has 3 aromatic carbocycles. The molecule has 0 saturated heterocycles. The van der Waals surface area contributed by atoms with Crippen LogP contribution in [0.2, 0.25) is 0 Å². The van der Waals surface area contributed by atoms with Crippen LogP contribution in [0.25, 0.3) is 10.8 Å². The molecule has 0 spiro atoms. The molecule has 0 bridgehead atoms. The Kier molecular flexibility index (Phi) is 16.1. The van der Waals surface area contributed by atoms with Gasteiger partial charge >= 0.3 is 5.97 Å². The molecule has 266 valence electrons. The van der Waals surface area contributed by atoms with Gasteiger partial charge in [-0.05, 0) is 60.0 Å². The molecule has 3 rings (SSSR count). The van der Waals surface area contributed by atoms with Gasteiger partial charge in [-0.1, -0.05) is 93.1 Å². The van der Waals surface area contributed by atoms with Crippen molar-refractivity contribution in [1.82, 2.24) is 21.3 Å². The van der Waals surface area contributed by atoms with Crippen LogP contribution in [-0.4, -0.2) is 83.8 Å². The van der Waals surface area contributed by atoms with Gasteiger partial charge in [0.2, 0.25) is 17.7 Å². The molecule has 0 aromatic heterocycles. The van der Waals surface area contributed by atoms with Crippen LogP contribution in [0, 0.1) is 5.92 Å². The molecule has 0 heterocycles. The van der Waals surface area contributed by atoms with E-state index in [1.165, 1.54) is 0 Å². The lowest BCUT2D eigenvalue weighted by atomic mass is 10.0. The topological polar surface area (TPSA) is 209 Å². The molecule has 5 atom stereocenters. The third-order valence-corrected chi connectivity index (χ3v) is 8.25. The van der Waals surface area contributed by atoms with Gasteiger partial charge in [0, 0.05) is 19.0 Å². The van der Waals surface area contributed by atoms with Crippen LogP contribution in [0.15, 0.2) is 72.8 Å². The highest BCUT2D eigenvalue weighted by atomic mass is 16.4. The molecule has 0 aliphatic heterocycles. The molecule has 49 heavy (non-hydrogen) atoms. The summed E-state index contributed by atoms with van der Waals surface area (Å²) in [6.45, 7) is 3.75. The predicted octanol–water partition coefficient (Wildman–Crippen LogP) is 1.62. The van der Waals surface area contributed by atoms with Crippen LogP contribution in [0.1, 0.15) is 50.7 Å². The zero-order chi connectivity index (χ0) is 35.8. The van der Waals surface area contributed by atoms with Crippen LogP contribution < -0.4 is 32.7 Å². The SMILES string of the molecule is CC(C)CC(NC(=O)C(Cc1ccccc1)NC(=O)C(CO)NC(=O)C(CCCCN)NCC(N)Cc1ccc2ccccc2c1)C(=O)O. The van der Waals surface area contributed by atoms with E-state index in [0.29, 0.717) is 38.8 Å². The molecule has 10 N–H and O–H groups in total. The van der Waals surface area contributed by atoms with Crippen molar-refractivity contribution in [2.75, 3.05) is 19.7 Å². The molecule has 0 radical (unpaired) electrons. The van der Waals surface area contributed by atoms with E-state index in [0.717, 1.165) is 21.9 Å². The van der Waals surface area contributed by atoms with Crippen molar-refractivity contribution in [3.63, 3.8) is 0 Å². The smallest absolute Gasteiger partial charge is 0.326 e. The van der Waals surface area contributed by atoms with E-state index in [2.05, 4.69) is 33.4 Å². The van der Waals surface area contributed by atoms with Gasteiger partial charge in [0.1, 0.15) is 18.1 Å². The number of aliphatic carboxylic acids is 1. The number of rotatable bonds is 21. The molecule has 0 aliphatic carbocycles. The maximum absolute atomic E-state index is 13.5. The molecule has 0 fully saturated rings. The van der Waals surface area contributed by atoms with Crippen molar-refractivity contribution in [2.45, 2.75) is 82.6 Å². The van der Waals surface area contributed by atoms with Crippen molar-refractivity contribution in [1.29, 1.82) is 0 Å². The second-order valence-corrected chi connectivity index (χ2v) is 12.9. The lowest BCUT2D eigenvalue weighted by molar-refractivity contribution is -0.142. The van der Waals surface area contributed by atoms with Gasteiger partial charge in [-0.15, -0.1) is 0 Å². The van der Waals surface area contributed by atoms with Crippen LogP contribution >= 0.6 is 0 Å². The largest absolute Gasteiger partial charge is 0.480 e. The zero-order valence-corrected chi connectivity index (χ0v) is 28.4. The summed E-state index contributed by atoms with van der Waals surface area (Å²) in [5.74, 6) is -3.16. The van der Waals surface area contributed by atoms with Crippen LogP contribution in [0.5, 0.6) is 0 Å². The van der Waals surface area contributed by atoms with Gasteiger partial charge in [-0.25, -0.2) is 4.79 Å². The van der Waals surface area contributed by atoms with Crippen molar-refractivity contribution < 1.29 is 29.4 Å². The Morgan fingerprint density at radius 2 is 1.33 bits per heavy atom. The Morgan fingerprint density at radius 3 is 1.98 bits per heavy atom. The number of carbonyl (C=O) groups excluding carboxylic acids is 3. The predicted molar refractivity (Wildman–Crippen MR) is 190 cm³/mol. The van der Waals surface area contributed by atoms with Crippen molar-refractivity contribution >= 4 is 34.5 Å². The summed E-state index contributed by atoms with van der Waals surface area (Å²) in [6.07, 6.45) is 2.63. The molecule has 12 heteroatoms. The number of hydrogen-bond donors (Lipinski definition) is 8. The van der Waals surface area contributed by atoms with Crippen LogP contribution in [-0.2, 0) is 32.0 Å². The fraction of sp³-hybridized carbons (Fsp3) is 0.459. The van der Waals surface area contributed by atoms with E-state index in [1.54, 1.807) is 24.3 Å². The second-order valence-electron chi connectivity index (χ2n) is 12.9. The van der Waals surface area contributed by atoms with Gasteiger partial charge in [-0.2, -0.15) is 0 Å². The average molecular weight is 677 g/mol. The number of amides is 3. The van der Waals surface area contributed by atoms with E-state index in [-0.39, 0.29) is 24.8 Å². The standard InChI is InChI=1S/C37H52N6O6/c1-24(2)18-32(37(48)49)42-35(46)31(21-25-10-4-3-5-11-25)41-36(47)33(23-44)43-34(45)30(14-8-9-17-38)40-22-29(39)20-26-15-16-27-12-6-7-13-28(27)19-26/h3-7,10-13,15-16,19,24,29-33,40,44H,8-9,14,17-18,20-23,38-39H2,1-2H3,(H,41,47)(H,42,46)(H,43,45)(H,48,49). The average Bonchev–Trinajstić information content (AvgIpc) is 3.08. The normalized spacial score (nSPS) is 14.4. The summed E-state index contributed by atoms with van der Waals surface area (Å²) >= 11 is 0. The maximum Gasteiger partial charge on any atom is 0.326 e. The Morgan fingerprint density at radius 1 is 0.714 bits per heavy atom. The molecule has 3 aromatic rings. The van der Waals surface area contributed by atoms with Gasteiger partial charge in [0.25, 0.3) is 0 Å². The van der Waals surface area contributed by atoms with Gasteiger partial charge in [0.15, 0.2) is 0 Å². The van der Waals surface area contributed by atoms with E-state index in [4.69, 9.17) is 11.5 Å². The number of nitrogens with one attached hydrogen (secondary N) is 4. The molecular formula is C37H52N6O6. The number of carboxylic acids is 1. The number of carbonyl (C=O) groups is 4. The number of nitrogens with two attached hydrogens (primary N) is 2. The minimum Gasteiger partial charge on any atom is -0.480 e. The second kappa shape index (κ2) is 20.2. The van der Waals surface area contributed by atoms with Gasteiger partial charge in [-0.3, -0.25) is 14.4 Å². The monoisotopic (exact) mass is 676 g/mol. The Bertz CT molecular complexity index is 1500. The summed E-state index contributed by atoms with van der Waals surface area (Å²) in [7, 11) is 0. The molecule has 0 aliphatic rings. The Hall–Kier alpha value is -4.36. The number of aliphatic hydroxyl groups excluding tert-OH is 1. The first-order valence-electron chi connectivity index (χ1n) is 17.0. The summed E-state index contributed by atoms with van der Waals surface area (Å²) in [5.41, 5.74) is 13.9. The van der Waals surface area contributed by atoms with Crippen LogP contribution in [0.4, 0.5) is 0 Å². The minimum absolute atomic E-state index is 0.00261. The number of benzene rings is 3. The molecule has 3 amide bonds.